The zero-order valence-corrected chi connectivity index (χ0v) is 9.41. The van der Waals surface area contributed by atoms with E-state index in [1.54, 1.807) is 0 Å². The van der Waals surface area contributed by atoms with Crippen LogP contribution in [0.5, 0.6) is 0 Å². The molecule has 0 spiro atoms. The maximum Gasteiger partial charge on any atom is 0.416 e. The zero-order chi connectivity index (χ0) is 13.1. The molecule has 0 aromatic heterocycles. The average Bonchev–Trinajstić information content (AvgIpc) is 2.27. The Kier molecular flexibility index (Phi) is 4.11. The number of nitrogens with zero attached hydrogens (tertiary/aromatic N) is 1. The highest BCUT2D eigenvalue weighted by atomic mass is 19.4. The molecule has 0 aliphatic rings. The highest BCUT2D eigenvalue weighted by Crippen LogP contribution is 2.29. The van der Waals surface area contributed by atoms with Crippen LogP contribution >= 0.6 is 0 Å². The summed E-state index contributed by atoms with van der Waals surface area (Å²) in [6, 6.07) is 4.47. The first-order valence-electron chi connectivity index (χ1n) is 4.81. The van der Waals surface area contributed by atoms with Crippen LogP contribution in [0.15, 0.2) is 24.3 Å². The van der Waals surface area contributed by atoms with Gasteiger partial charge in [0.2, 0.25) is 5.91 Å². The molecule has 0 radical (unpaired) electrons. The van der Waals surface area contributed by atoms with Gasteiger partial charge in [0.1, 0.15) is 0 Å². The Balaban J connectivity index is 2.73. The smallest absolute Gasteiger partial charge is 0.275 e. The van der Waals surface area contributed by atoms with Crippen molar-refractivity contribution >= 4 is 5.91 Å². The van der Waals surface area contributed by atoms with Gasteiger partial charge in [-0.1, -0.05) is 12.1 Å². The van der Waals surface area contributed by atoms with Crippen LogP contribution in [0.2, 0.25) is 0 Å². The molecule has 0 aliphatic carbocycles. The van der Waals surface area contributed by atoms with Crippen molar-refractivity contribution in [1.82, 2.24) is 5.06 Å². The predicted molar refractivity (Wildman–Crippen MR) is 54.9 cm³/mol. The maximum absolute atomic E-state index is 12.3. The molecule has 1 amide bonds. The third kappa shape index (κ3) is 3.74. The number of hydrogen-bond acceptors (Lipinski definition) is 2. The monoisotopic (exact) mass is 247 g/mol. The van der Waals surface area contributed by atoms with Crippen molar-refractivity contribution in [2.45, 2.75) is 12.6 Å². The number of hydrogen-bond donors (Lipinski definition) is 0. The minimum absolute atomic E-state index is 0.00246. The number of benzene rings is 1. The van der Waals surface area contributed by atoms with Gasteiger partial charge in [-0.05, 0) is 17.7 Å². The van der Waals surface area contributed by atoms with Crippen LogP contribution in [-0.2, 0) is 22.2 Å². The molecule has 0 heterocycles. The minimum Gasteiger partial charge on any atom is -0.275 e. The van der Waals surface area contributed by atoms with Gasteiger partial charge >= 0.3 is 6.18 Å². The van der Waals surface area contributed by atoms with Crippen LogP contribution in [-0.4, -0.2) is 25.1 Å². The van der Waals surface area contributed by atoms with E-state index in [0.717, 1.165) is 17.2 Å². The number of hydroxylamine groups is 2. The van der Waals surface area contributed by atoms with Crippen molar-refractivity contribution in [3.05, 3.63) is 35.4 Å². The number of amides is 1. The van der Waals surface area contributed by atoms with E-state index in [1.165, 1.54) is 26.3 Å². The molecule has 1 aromatic carbocycles. The van der Waals surface area contributed by atoms with E-state index in [0.29, 0.717) is 5.56 Å². The molecular formula is C11H12F3NO2. The first-order chi connectivity index (χ1) is 7.84. The van der Waals surface area contributed by atoms with Crippen LogP contribution in [0.1, 0.15) is 11.1 Å². The van der Waals surface area contributed by atoms with Gasteiger partial charge < -0.3 is 0 Å². The Hall–Kier alpha value is -1.56. The van der Waals surface area contributed by atoms with Gasteiger partial charge in [-0.2, -0.15) is 13.2 Å². The summed E-state index contributed by atoms with van der Waals surface area (Å²) >= 11 is 0. The summed E-state index contributed by atoms with van der Waals surface area (Å²) < 4.78 is 36.8. The van der Waals surface area contributed by atoms with Crippen LogP contribution in [0.4, 0.5) is 13.2 Å². The minimum atomic E-state index is -4.36. The Bertz CT molecular complexity index is 387. The fourth-order valence-electron chi connectivity index (χ4n) is 1.20. The second-order valence-corrected chi connectivity index (χ2v) is 3.45. The molecule has 0 saturated carbocycles. The molecule has 0 atom stereocenters. The SMILES string of the molecule is CON(C)C(=O)Cc1ccc(C(F)(F)F)cc1. The molecule has 0 bridgehead atoms. The van der Waals surface area contributed by atoms with Crippen LogP contribution in [0.3, 0.4) is 0 Å². The first-order valence-corrected chi connectivity index (χ1v) is 4.81. The van der Waals surface area contributed by atoms with Crippen LogP contribution in [0, 0.1) is 0 Å². The lowest BCUT2D eigenvalue weighted by Gasteiger charge is -2.13. The summed E-state index contributed by atoms with van der Waals surface area (Å²) in [4.78, 5) is 16.1. The van der Waals surface area contributed by atoms with Gasteiger partial charge in [-0.15, -0.1) is 0 Å². The highest BCUT2D eigenvalue weighted by molar-refractivity contribution is 5.77. The van der Waals surface area contributed by atoms with Gasteiger partial charge in [0.15, 0.2) is 0 Å². The molecular weight excluding hydrogens is 235 g/mol. The Labute approximate surface area is 96.7 Å². The van der Waals surface area contributed by atoms with Crippen molar-refractivity contribution in [2.75, 3.05) is 14.2 Å². The summed E-state index contributed by atoms with van der Waals surface area (Å²) in [5.41, 5.74) is -0.222. The van der Waals surface area contributed by atoms with E-state index in [4.69, 9.17) is 0 Å². The largest absolute Gasteiger partial charge is 0.416 e. The molecule has 1 aromatic rings. The molecule has 0 saturated heterocycles. The van der Waals surface area contributed by atoms with E-state index >= 15 is 0 Å². The van der Waals surface area contributed by atoms with Crippen LogP contribution < -0.4 is 0 Å². The number of alkyl halides is 3. The lowest BCUT2D eigenvalue weighted by Crippen LogP contribution is -2.26. The summed E-state index contributed by atoms with van der Waals surface area (Å²) in [6.45, 7) is 0. The zero-order valence-electron chi connectivity index (χ0n) is 9.41. The molecule has 17 heavy (non-hydrogen) atoms. The Morgan fingerprint density at radius 3 is 2.24 bits per heavy atom. The molecule has 94 valence electrons. The quantitative estimate of drug-likeness (QED) is 0.767. The summed E-state index contributed by atoms with van der Waals surface area (Å²) in [6.07, 6.45) is -4.35. The van der Waals surface area contributed by atoms with Crippen LogP contribution in [0.25, 0.3) is 0 Å². The number of halogens is 3. The predicted octanol–water partition coefficient (Wildman–Crippen LogP) is 2.27. The van der Waals surface area contributed by atoms with E-state index in [1.807, 2.05) is 0 Å². The van der Waals surface area contributed by atoms with Crippen molar-refractivity contribution in [3.8, 4) is 0 Å². The molecule has 0 fully saturated rings. The van der Waals surface area contributed by atoms with E-state index in [2.05, 4.69) is 4.84 Å². The fourth-order valence-corrected chi connectivity index (χ4v) is 1.20. The van der Waals surface area contributed by atoms with E-state index in [9.17, 15) is 18.0 Å². The van der Waals surface area contributed by atoms with Crippen molar-refractivity contribution in [3.63, 3.8) is 0 Å². The van der Waals surface area contributed by atoms with Gasteiger partial charge in [-0.3, -0.25) is 9.63 Å². The van der Waals surface area contributed by atoms with Gasteiger partial charge in [0.25, 0.3) is 0 Å². The van der Waals surface area contributed by atoms with Crippen molar-refractivity contribution < 1.29 is 22.8 Å². The molecule has 0 unspecified atom stereocenters. The summed E-state index contributed by atoms with van der Waals surface area (Å²) in [5, 5.41) is 1.03. The van der Waals surface area contributed by atoms with Gasteiger partial charge in [0, 0.05) is 7.05 Å². The number of carbonyl (C=O) groups excluding carboxylic acids is 1. The standard InChI is InChI=1S/C11H12F3NO2/c1-15(17-2)10(16)7-8-3-5-9(6-4-8)11(12,13)14/h3-6H,7H2,1-2H3. The Morgan fingerprint density at radius 1 is 1.29 bits per heavy atom. The number of rotatable bonds is 3. The summed E-state index contributed by atoms with van der Waals surface area (Å²) in [7, 11) is 2.77. The summed E-state index contributed by atoms with van der Waals surface area (Å²) in [5.74, 6) is -0.327. The lowest BCUT2D eigenvalue weighted by molar-refractivity contribution is -0.167. The second-order valence-electron chi connectivity index (χ2n) is 3.45. The molecule has 6 heteroatoms. The van der Waals surface area contributed by atoms with Gasteiger partial charge in [-0.25, -0.2) is 5.06 Å². The van der Waals surface area contributed by atoms with E-state index in [-0.39, 0.29) is 12.3 Å². The normalized spacial score (nSPS) is 11.4. The van der Waals surface area contributed by atoms with Crippen molar-refractivity contribution in [2.24, 2.45) is 0 Å². The number of carbonyl (C=O) groups is 1. The van der Waals surface area contributed by atoms with Crippen molar-refractivity contribution in [1.29, 1.82) is 0 Å². The maximum atomic E-state index is 12.3. The topological polar surface area (TPSA) is 29.5 Å². The molecule has 0 N–H and O–H groups in total. The van der Waals surface area contributed by atoms with E-state index < -0.39 is 11.7 Å². The number of likely N-dealkylation sites (N-methyl/N-ethyl adjacent to an activating group) is 1. The average molecular weight is 247 g/mol. The molecule has 1 rings (SSSR count). The first kappa shape index (κ1) is 13.5. The Morgan fingerprint density at radius 2 is 1.82 bits per heavy atom. The van der Waals surface area contributed by atoms with Gasteiger partial charge in [0.05, 0.1) is 19.1 Å². The molecule has 3 nitrogen and oxygen atoms in total. The second kappa shape index (κ2) is 5.18. The molecule has 0 aliphatic heterocycles. The third-order valence-electron chi connectivity index (χ3n) is 2.26. The lowest BCUT2D eigenvalue weighted by atomic mass is 10.1. The third-order valence-corrected chi connectivity index (χ3v) is 2.26. The highest BCUT2D eigenvalue weighted by Gasteiger charge is 2.29. The fraction of sp³-hybridized carbons (Fsp3) is 0.364.